The van der Waals surface area contributed by atoms with Gasteiger partial charge in [-0.1, -0.05) is 25.1 Å². The fourth-order valence-electron chi connectivity index (χ4n) is 4.29. The number of aromatic nitrogens is 5. The van der Waals surface area contributed by atoms with Gasteiger partial charge >= 0.3 is 0 Å². The first-order chi connectivity index (χ1) is 15.4. The molecular weight excluding hydrogens is 404 g/mol. The lowest BCUT2D eigenvalue weighted by Gasteiger charge is -2.22. The number of fused-ring (bicyclic) bond motifs is 4. The van der Waals surface area contributed by atoms with E-state index in [0.29, 0.717) is 6.54 Å². The van der Waals surface area contributed by atoms with Gasteiger partial charge in [-0.05, 0) is 49.7 Å². The summed E-state index contributed by atoms with van der Waals surface area (Å²) in [7, 11) is 3.97. The van der Waals surface area contributed by atoms with Crippen LogP contribution in [0.5, 0.6) is 5.88 Å². The number of ether oxygens (including phenoxy) is 1. The molecule has 3 aromatic heterocycles. The molecule has 32 heavy (non-hydrogen) atoms. The molecule has 5 rings (SSSR count). The third kappa shape index (κ3) is 3.60. The molecule has 8 heteroatoms. The van der Waals surface area contributed by atoms with Crippen LogP contribution in [0.4, 0.5) is 0 Å². The Bertz CT molecular complexity index is 1300. The molecule has 0 saturated carbocycles. The van der Waals surface area contributed by atoms with Crippen LogP contribution in [0.2, 0.25) is 0 Å². The number of rotatable bonds is 1. The third-order valence-electron chi connectivity index (χ3n) is 5.87. The van der Waals surface area contributed by atoms with Crippen LogP contribution in [0.1, 0.15) is 49.4 Å². The van der Waals surface area contributed by atoms with Gasteiger partial charge in [-0.25, -0.2) is 4.68 Å². The van der Waals surface area contributed by atoms with Crippen LogP contribution in [-0.4, -0.2) is 49.7 Å². The van der Waals surface area contributed by atoms with Crippen molar-refractivity contribution in [1.29, 1.82) is 0 Å². The number of hydrogen-bond donors (Lipinski definition) is 1. The maximum absolute atomic E-state index is 6.37. The zero-order valence-electron chi connectivity index (χ0n) is 19.1. The lowest BCUT2D eigenvalue weighted by atomic mass is 10.0. The van der Waals surface area contributed by atoms with Crippen molar-refractivity contribution < 1.29 is 9.26 Å². The molecule has 4 heterocycles. The highest BCUT2D eigenvalue weighted by Gasteiger charge is 2.21. The van der Waals surface area contributed by atoms with Crippen molar-refractivity contribution in [3.05, 3.63) is 47.1 Å². The fraction of sp³-hybridized carbons (Fsp3) is 0.375. The number of aromatic amines is 1. The summed E-state index contributed by atoms with van der Waals surface area (Å²) in [4.78, 5) is 2.19. The molecule has 0 amide bonds. The Morgan fingerprint density at radius 2 is 2.03 bits per heavy atom. The van der Waals surface area contributed by atoms with Crippen molar-refractivity contribution in [2.24, 2.45) is 7.05 Å². The molecule has 0 aliphatic carbocycles. The van der Waals surface area contributed by atoms with Gasteiger partial charge in [0.1, 0.15) is 6.10 Å². The second-order valence-corrected chi connectivity index (χ2v) is 8.87. The van der Waals surface area contributed by atoms with Gasteiger partial charge in [-0.2, -0.15) is 10.2 Å². The molecule has 1 N–H and O–H groups in total. The van der Waals surface area contributed by atoms with Gasteiger partial charge < -0.3 is 9.26 Å². The number of likely N-dealkylation sites (N-methyl/N-ethyl adjacent to an activating group) is 1. The number of nitrogens with zero attached hydrogens (tertiary/aromatic N) is 5. The SMILES string of the molecule is CC(C)c1noc2c1/C=C/c1[nH]nc3ccc(cc13)-c1cnn(C)c1O[C@@H](C)CN(C)C2. The summed E-state index contributed by atoms with van der Waals surface area (Å²) in [6, 6.07) is 6.22. The van der Waals surface area contributed by atoms with Crippen molar-refractivity contribution in [1.82, 2.24) is 30.0 Å². The number of aryl methyl sites for hydroxylation is 1. The summed E-state index contributed by atoms with van der Waals surface area (Å²) >= 11 is 0. The highest BCUT2D eigenvalue weighted by Crippen LogP contribution is 2.34. The average Bonchev–Trinajstić information content (AvgIpc) is 3.43. The summed E-state index contributed by atoms with van der Waals surface area (Å²) in [6.07, 6.45) is 5.96. The molecule has 0 unspecified atom stereocenters. The Kier molecular flexibility index (Phi) is 5.09. The monoisotopic (exact) mass is 432 g/mol. The lowest BCUT2D eigenvalue weighted by Crippen LogP contribution is -2.31. The minimum atomic E-state index is -0.0426. The van der Waals surface area contributed by atoms with Crippen LogP contribution >= 0.6 is 0 Å². The van der Waals surface area contributed by atoms with Gasteiger partial charge in [-0.3, -0.25) is 10.00 Å². The van der Waals surface area contributed by atoms with E-state index >= 15 is 0 Å². The average molecular weight is 433 g/mol. The topological polar surface area (TPSA) is 85.0 Å². The minimum Gasteiger partial charge on any atom is -0.473 e. The molecule has 1 atom stereocenters. The van der Waals surface area contributed by atoms with Crippen LogP contribution in [0, 0.1) is 0 Å². The van der Waals surface area contributed by atoms with E-state index in [2.05, 4.69) is 77.5 Å². The molecule has 1 aliphatic heterocycles. The van der Waals surface area contributed by atoms with Crippen molar-refractivity contribution >= 4 is 23.1 Å². The van der Waals surface area contributed by atoms with Crippen molar-refractivity contribution in [3.63, 3.8) is 0 Å². The van der Waals surface area contributed by atoms with Gasteiger partial charge in [0.2, 0.25) is 5.88 Å². The standard InChI is InChI=1S/C24H28N6O2/c1-14(2)23-17-7-9-21-18-10-16(6-8-20(18)26-27-21)19-11-25-30(5)24(19)31-15(3)12-29(4)13-22(17)32-28-23/h6-11,14-15H,12-13H2,1-5H3,(H,26,27)/b9-7+/t15-/m0/s1. The predicted molar refractivity (Wildman–Crippen MR) is 124 cm³/mol. The minimum absolute atomic E-state index is 0.0426. The largest absolute Gasteiger partial charge is 0.473 e. The van der Waals surface area contributed by atoms with Crippen LogP contribution < -0.4 is 4.74 Å². The molecule has 0 radical (unpaired) electrons. The number of benzene rings is 1. The van der Waals surface area contributed by atoms with Gasteiger partial charge in [-0.15, -0.1) is 0 Å². The van der Waals surface area contributed by atoms with E-state index in [9.17, 15) is 0 Å². The number of nitrogens with one attached hydrogen (secondary N) is 1. The molecule has 8 nitrogen and oxygen atoms in total. The third-order valence-corrected chi connectivity index (χ3v) is 5.87. The summed E-state index contributed by atoms with van der Waals surface area (Å²) in [5, 5.41) is 17.5. The zero-order chi connectivity index (χ0) is 22.4. The fourth-order valence-corrected chi connectivity index (χ4v) is 4.29. The Hall–Kier alpha value is -3.39. The van der Waals surface area contributed by atoms with E-state index in [1.165, 1.54) is 0 Å². The van der Waals surface area contributed by atoms with Crippen LogP contribution in [0.25, 0.3) is 34.2 Å². The molecule has 1 aromatic carbocycles. The molecule has 1 aliphatic rings. The predicted octanol–water partition coefficient (Wildman–Crippen LogP) is 4.46. The Morgan fingerprint density at radius 1 is 1.19 bits per heavy atom. The van der Waals surface area contributed by atoms with E-state index in [4.69, 9.17) is 9.26 Å². The maximum atomic E-state index is 6.37. The zero-order valence-corrected chi connectivity index (χ0v) is 19.1. The van der Waals surface area contributed by atoms with Crippen molar-refractivity contribution in [2.45, 2.75) is 39.3 Å². The van der Waals surface area contributed by atoms with Crippen molar-refractivity contribution in [3.8, 4) is 17.0 Å². The lowest BCUT2D eigenvalue weighted by molar-refractivity contribution is 0.142. The molecule has 2 bridgehead atoms. The summed E-state index contributed by atoms with van der Waals surface area (Å²) in [5.41, 5.74) is 5.84. The first kappa shape index (κ1) is 20.5. The highest BCUT2D eigenvalue weighted by atomic mass is 16.5. The Labute approximate surface area is 186 Å². The molecule has 0 fully saturated rings. The normalized spacial score (nSPS) is 18.2. The van der Waals surface area contributed by atoms with E-state index in [1.54, 1.807) is 4.68 Å². The second-order valence-electron chi connectivity index (χ2n) is 8.87. The van der Waals surface area contributed by atoms with E-state index < -0.39 is 0 Å². The van der Waals surface area contributed by atoms with E-state index in [-0.39, 0.29) is 12.0 Å². The first-order valence-corrected chi connectivity index (χ1v) is 10.9. The van der Waals surface area contributed by atoms with Crippen molar-refractivity contribution in [2.75, 3.05) is 13.6 Å². The molecule has 0 spiro atoms. The number of hydrogen-bond acceptors (Lipinski definition) is 6. The Balaban J connectivity index is 1.69. The van der Waals surface area contributed by atoms with Crippen LogP contribution in [0.15, 0.2) is 28.9 Å². The van der Waals surface area contributed by atoms with Gasteiger partial charge in [0.25, 0.3) is 0 Å². The van der Waals surface area contributed by atoms with Gasteiger partial charge in [0, 0.05) is 24.5 Å². The van der Waals surface area contributed by atoms with E-state index in [1.807, 2.05) is 19.3 Å². The van der Waals surface area contributed by atoms with Gasteiger partial charge in [0.05, 0.1) is 35.2 Å². The van der Waals surface area contributed by atoms with E-state index in [0.717, 1.165) is 57.2 Å². The first-order valence-electron chi connectivity index (χ1n) is 10.9. The summed E-state index contributed by atoms with van der Waals surface area (Å²) in [6.45, 7) is 7.70. The second kappa shape index (κ2) is 7.94. The summed E-state index contributed by atoms with van der Waals surface area (Å²) < 4.78 is 13.9. The molecular formula is C24H28N6O2. The number of H-pyrrole nitrogens is 1. The van der Waals surface area contributed by atoms with Crippen LogP contribution in [0.3, 0.4) is 0 Å². The molecule has 4 aromatic rings. The van der Waals surface area contributed by atoms with Gasteiger partial charge in [0.15, 0.2) is 5.76 Å². The smallest absolute Gasteiger partial charge is 0.219 e. The Morgan fingerprint density at radius 3 is 2.84 bits per heavy atom. The maximum Gasteiger partial charge on any atom is 0.219 e. The molecule has 0 saturated heterocycles. The quantitative estimate of drug-likeness (QED) is 0.478. The summed E-state index contributed by atoms with van der Waals surface area (Å²) in [5.74, 6) is 1.86. The molecule has 166 valence electrons. The highest BCUT2D eigenvalue weighted by molar-refractivity contribution is 5.93. The van der Waals surface area contributed by atoms with Crippen LogP contribution in [-0.2, 0) is 13.6 Å².